The normalized spacial score (nSPS) is 12.3. The molecule has 0 heterocycles. The smallest absolute Gasteiger partial charge is 0.319 e. The summed E-state index contributed by atoms with van der Waals surface area (Å²) < 4.78 is 36.5. The Kier molecular flexibility index (Phi) is 7.89. The Morgan fingerprint density at radius 2 is 1.27 bits per heavy atom. The number of rotatable bonds is 7. The van der Waals surface area contributed by atoms with Gasteiger partial charge in [0.2, 0.25) is 10.0 Å². The van der Waals surface area contributed by atoms with E-state index in [-0.39, 0.29) is 5.04 Å². The van der Waals surface area contributed by atoms with Crippen molar-refractivity contribution in [3.8, 4) is 16.9 Å². The van der Waals surface area contributed by atoms with Crippen molar-refractivity contribution in [1.82, 2.24) is 0 Å². The highest BCUT2D eigenvalue weighted by Gasteiger charge is 2.52. The highest BCUT2D eigenvalue weighted by Crippen LogP contribution is 2.45. The number of hydrogen-bond acceptors (Lipinski definition) is 3. The highest BCUT2D eigenvalue weighted by molar-refractivity contribution is 9.10. The Balaban J connectivity index is 1.84. The van der Waals surface area contributed by atoms with E-state index in [0.29, 0.717) is 11.4 Å². The van der Waals surface area contributed by atoms with Crippen molar-refractivity contribution in [3.63, 3.8) is 0 Å². The van der Waals surface area contributed by atoms with E-state index >= 15 is 0 Å². The van der Waals surface area contributed by atoms with E-state index in [9.17, 15) is 8.42 Å². The zero-order chi connectivity index (χ0) is 29.4. The largest absolute Gasteiger partial charge is 0.534 e. The molecule has 0 atom stereocenters. The van der Waals surface area contributed by atoms with Crippen LogP contribution < -0.4 is 19.5 Å². The van der Waals surface area contributed by atoms with Gasteiger partial charge in [-0.1, -0.05) is 133 Å². The van der Waals surface area contributed by atoms with E-state index in [2.05, 4.69) is 102 Å². The van der Waals surface area contributed by atoms with E-state index < -0.39 is 18.3 Å². The van der Waals surface area contributed by atoms with Gasteiger partial charge in [-0.2, -0.15) is 0 Å². The standard InChI is InChI=1S/C34H34BrNO3SSi/c1-24-20-21-32(39-41(34(2,3)4,25-14-8-6-9-15-25)26-16-10-7-11-17-26)29(22-24)30-23-31(35)27-18-12-13-19-28(27)33(30)36-40(5,37)38/h6-23,36H,1-5H3. The van der Waals surface area contributed by atoms with Gasteiger partial charge in [-0.3, -0.25) is 4.72 Å². The Morgan fingerprint density at radius 1 is 0.732 bits per heavy atom. The number of anilines is 1. The third-order valence-corrected chi connectivity index (χ3v) is 13.5. The molecule has 0 bridgehead atoms. The Labute approximate surface area is 252 Å². The Bertz CT molecular complexity index is 1780. The van der Waals surface area contributed by atoms with Crippen LogP contribution in [-0.4, -0.2) is 23.0 Å². The van der Waals surface area contributed by atoms with Crippen molar-refractivity contribution in [2.24, 2.45) is 0 Å². The molecule has 0 fully saturated rings. The summed E-state index contributed by atoms with van der Waals surface area (Å²) in [6.07, 6.45) is 1.18. The van der Waals surface area contributed by atoms with E-state index in [1.165, 1.54) is 16.6 Å². The molecule has 0 aromatic heterocycles. The third kappa shape index (κ3) is 5.71. The lowest BCUT2D eigenvalue weighted by Crippen LogP contribution is -2.68. The van der Waals surface area contributed by atoms with Gasteiger partial charge in [-0.05, 0) is 45.9 Å². The summed E-state index contributed by atoms with van der Waals surface area (Å²) in [5.41, 5.74) is 3.15. The van der Waals surface area contributed by atoms with Gasteiger partial charge in [0.25, 0.3) is 0 Å². The SMILES string of the molecule is Cc1ccc(O[Si](c2ccccc2)(c2ccccc2)C(C)(C)C)c(-c2cc(Br)c3ccccc3c2NS(C)(=O)=O)c1. The molecule has 0 unspecified atom stereocenters. The maximum Gasteiger partial charge on any atom is 0.319 e. The molecule has 4 nitrogen and oxygen atoms in total. The second kappa shape index (κ2) is 11.1. The van der Waals surface area contributed by atoms with Crippen molar-refractivity contribution in [3.05, 3.63) is 119 Å². The summed E-state index contributed by atoms with van der Waals surface area (Å²) in [5, 5.41) is 3.82. The number of aryl methyl sites for hydroxylation is 1. The number of sulfonamides is 1. The first-order valence-corrected chi connectivity index (χ1v) is 18.1. The molecule has 41 heavy (non-hydrogen) atoms. The first kappa shape index (κ1) is 29.1. The average molecular weight is 645 g/mol. The second-order valence-corrected chi connectivity index (χ2v) is 18.3. The molecule has 0 aliphatic rings. The van der Waals surface area contributed by atoms with Crippen LogP contribution >= 0.6 is 15.9 Å². The molecule has 7 heteroatoms. The minimum atomic E-state index is -3.58. The number of fused-ring (bicyclic) bond motifs is 1. The van der Waals surface area contributed by atoms with Gasteiger partial charge in [0.15, 0.2) is 0 Å². The highest BCUT2D eigenvalue weighted by atomic mass is 79.9. The molecular formula is C34H34BrNO3SSi. The van der Waals surface area contributed by atoms with Crippen LogP contribution in [0.3, 0.4) is 0 Å². The summed E-state index contributed by atoms with van der Waals surface area (Å²) in [7, 11) is -6.53. The summed E-state index contributed by atoms with van der Waals surface area (Å²) in [5.74, 6) is 0.712. The van der Waals surface area contributed by atoms with Crippen molar-refractivity contribution in [1.29, 1.82) is 0 Å². The van der Waals surface area contributed by atoms with E-state index in [4.69, 9.17) is 4.43 Å². The molecule has 0 saturated carbocycles. The van der Waals surface area contributed by atoms with Crippen molar-refractivity contribution >= 4 is 61.1 Å². The molecule has 0 aliphatic heterocycles. The second-order valence-electron chi connectivity index (χ2n) is 11.5. The lowest BCUT2D eigenvalue weighted by Gasteiger charge is -2.43. The third-order valence-electron chi connectivity index (χ3n) is 7.39. The lowest BCUT2D eigenvalue weighted by atomic mass is 9.97. The van der Waals surface area contributed by atoms with Crippen LogP contribution in [-0.2, 0) is 10.0 Å². The van der Waals surface area contributed by atoms with Gasteiger partial charge in [-0.15, -0.1) is 0 Å². The number of benzene rings is 5. The van der Waals surface area contributed by atoms with Crippen LogP contribution in [0.25, 0.3) is 21.9 Å². The Morgan fingerprint density at radius 3 is 1.80 bits per heavy atom. The maximum atomic E-state index is 12.6. The van der Waals surface area contributed by atoms with Crippen molar-refractivity contribution in [2.45, 2.75) is 32.7 Å². The van der Waals surface area contributed by atoms with Crippen LogP contribution in [0.4, 0.5) is 5.69 Å². The molecule has 0 saturated heterocycles. The van der Waals surface area contributed by atoms with Crippen LogP contribution in [0.2, 0.25) is 5.04 Å². The summed E-state index contributed by atoms with van der Waals surface area (Å²) in [6, 6.07) is 36.9. The molecule has 1 N–H and O–H groups in total. The minimum Gasteiger partial charge on any atom is -0.534 e. The van der Waals surface area contributed by atoms with Crippen LogP contribution in [0.15, 0.2) is 114 Å². The predicted molar refractivity (Wildman–Crippen MR) is 179 cm³/mol. The Hall–Kier alpha value is -3.39. The lowest BCUT2D eigenvalue weighted by molar-refractivity contribution is 0.509. The molecule has 5 aromatic rings. The summed E-state index contributed by atoms with van der Waals surface area (Å²) in [6.45, 7) is 8.78. The van der Waals surface area contributed by atoms with Crippen molar-refractivity contribution in [2.75, 3.05) is 11.0 Å². The summed E-state index contributed by atoms with van der Waals surface area (Å²) >= 11 is 3.76. The zero-order valence-corrected chi connectivity index (χ0v) is 27.3. The monoisotopic (exact) mass is 643 g/mol. The van der Waals surface area contributed by atoms with Gasteiger partial charge in [0, 0.05) is 21.0 Å². The van der Waals surface area contributed by atoms with Gasteiger partial charge >= 0.3 is 8.32 Å². The van der Waals surface area contributed by atoms with Gasteiger partial charge in [0.05, 0.1) is 11.9 Å². The van der Waals surface area contributed by atoms with E-state index in [0.717, 1.165) is 31.9 Å². The molecule has 0 spiro atoms. The number of hydrogen-bond donors (Lipinski definition) is 1. The minimum absolute atomic E-state index is 0.240. The first-order chi connectivity index (χ1) is 19.4. The van der Waals surface area contributed by atoms with E-state index in [1.807, 2.05) is 55.5 Å². The first-order valence-electron chi connectivity index (χ1n) is 13.5. The maximum absolute atomic E-state index is 12.6. The fourth-order valence-corrected chi connectivity index (χ4v) is 11.2. The van der Waals surface area contributed by atoms with Gasteiger partial charge in [-0.25, -0.2) is 8.42 Å². The zero-order valence-electron chi connectivity index (χ0n) is 23.9. The molecule has 5 aromatic carbocycles. The molecular weight excluding hydrogens is 610 g/mol. The van der Waals surface area contributed by atoms with Crippen LogP contribution in [0, 0.1) is 6.92 Å². The fraction of sp³-hybridized carbons (Fsp3) is 0.176. The van der Waals surface area contributed by atoms with Crippen LogP contribution in [0.1, 0.15) is 26.3 Å². The fourth-order valence-electron chi connectivity index (χ4n) is 5.60. The quantitative estimate of drug-likeness (QED) is 0.184. The van der Waals surface area contributed by atoms with Crippen LogP contribution in [0.5, 0.6) is 5.75 Å². The number of nitrogens with one attached hydrogen (secondary N) is 1. The molecule has 210 valence electrons. The topological polar surface area (TPSA) is 55.4 Å². The molecule has 0 aliphatic carbocycles. The average Bonchev–Trinajstić information content (AvgIpc) is 2.93. The molecule has 0 amide bonds. The van der Waals surface area contributed by atoms with Gasteiger partial charge < -0.3 is 4.43 Å². The van der Waals surface area contributed by atoms with Gasteiger partial charge in [0.1, 0.15) is 5.75 Å². The van der Waals surface area contributed by atoms with E-state index in [1.54, 1.807) is 0 Å². The van der Waals surface area contributed by atoms with Crippen molar-refractivity contribution < 1.29 is 12.8 Å². The summed E-state index contributed by atoms with van der Waals surface area (Å²) in [4.78, 5) is 0. The number of halogens is 1. The molecule has 0 radical (unpaired) electrons. The predicted octanol–water partition coefficient (Wildman–Crippen LogP) is 7.89. The molecule has 5 rings (SSSR count).